The van der Waals surface area contributed by atoms with Crippen molar-refractivity contribution in [2.45, 2.75) is 12.8 Å². The van der Waals surface area contributed by atoms with Crippen molar-refractivity contribution in [2.75, 3.05) is 6.61 Å². The summed E-state index contributed by atoms with van der Waals surface area (Å²) in [6, 6.07) is 5.46. The molecule has 0 fully saturated rings. The van der Waals surface area contributed by atoms with E-state index in [0.29, 0.717) is 6.61 Å². The Morgan fingerprint density at radius 1 is 1.53 bits per heavy atom. The molecule has 2 nitrogen and oxygen atoms in total. The molecule has 0 aliphatic carbocycles. The van der Waals surface area contributed by atoms with Crippen LogP contribution in [0.2, 0.25) is 0 Å². The van der Waals surface area contributed by atoms with Crippen LogP contribution in [0.25, 0.3) is 0 Å². The number of unbranched alkanes of at least 4 members (excludes halogenated alkanes) is 1. The van der Waals surface area contributed by atoms with Gasteiger partial charge in [-0.25, -0.2) is 9.18 Å². The molecule has 0 aliphatic heterocycles. The van der Waals surface area contributed by atoms with Gasteiger partial charge in [0.2, 0.25) is 0 Å². The van der Waals surface area contributed by atoms with Crippen LogP contribution in [0.15, 0.2) is 36.9 Å². The maximum absolute atomic E-state index is 12.7. The molecule has 1 aromatic carbocycles. The SMILES string of the molecule is C=CCCCOC(=O)c1cccc(F)c1. The number of allylic oxidation sites excluding steroid dienone is 1. The second-order valence-corrected chi connectivity index (χ2v) is 3.08. The summed E-state index contributed by atoms with van der Waals surface area (Å²) in [6.07, 6.45) is 3.30. The molecule has 0 saturated carbocycles. The van der Waals surface area contributed by atoms with Crippen LogP contribution in [0.3, 0.4) is 0 Å². The molecule has 0 heterocycles. The molecule has 80 valence electrons. The van der Waals surface area contributed by atoms with E-state index in [9.17, 15) is 9.18 Å². The molecule has 0 radical (unpaired) electrons. The second kappa shape index (κ2) is 5.96. The van der Waals surface area contributed by atoms with Crippen LogP contribution in [-0.4, -0.2) is 12.6 Å². The number of benzene rings is 1. The molecule has 0 aliphatic rings. The number of carbonyl (C=O) groups excluding carboxylic acids is 1. The minimum absolute atomic E-state index is 0.244. The fraction of sp³-hybridized carbons (Fsp3) is 0.250. The predicted molar refractivity (Wildman–Crippen MR) is 56.1 cm³/mol. The molecule has 15 heavy (non-hydrogen) atoms. The second-order valence-electron chi connectivity index (χ2n) is 3.08. The van der Waals surface area contributed by atoms with Crippen molar-refractivity contribution in [1.82, 2.24) is 0 Å². The maximum atomic E-state index is 12.7. The highest BCUT2D eigenvalue weighted by molar-refractivity contribution is 5.89. The van der Waals surface area contributed by atoms with E-state index < -0.39 is 11.8 Å². The molecule has 1 aromatic rings. The zero-order valence-electron chi connectivity index (χ0n) is 8.41. The number of esters is 1. The Balaban J connectivity index is 2.43. The smallest absolute Gasteiger partial charge is 0.338 e. The summed E-state index contributed by atoms with van der Waals surface area (Å²) in [4.78, 5) is 11.3. The Morgan fingerprint density at radius 3 is 3.00 bits per heavy atom. The van der Waals surface area contributed by atoms with Gasteiger partial charge >= 0.3 is 5.97 Å². The summed E-state index contributed by atoms with van der Waals surface area (Å²) in [5, 5.41) is 0. The van der Waals surface area contributed by atoms with Gasteiger partial charge in [-0.15, -0.1) is 6.58 Å². The Hall–Kier alpha value is -1.64. The Bertz CT molecular complexity index is 347. The molecule has 0 atom stereocenters. The lowest BCUT2D eigenvalue weighted by atomic mass is 10.2. The van der Waals surface area contributed by atoms with E-state index in [1.807, 2.05) is 0 Å². The summed E-state index contributed by atoms with van der Waals surface area (Å²) in [5.74, 6) is -0.922. The van der Waals surface area contributed by atoms with Gasteiger partial charge in [-0.05, 0) is 31.0 Å². The Labute approximate surface area is 88.4 Å². The van der Waals surface area contributed by atoms with Crippen LogP contribution in [0, 0.1) is 5.82 Å². The number of carbonyl (C=O) groups is 1. The van der Waals surface area contributed by atoms with Crippen molar-refractivity contribution >= 4 is 5.97 Å². The average Bonchev–Trinajstić information content (AvgIpc) is 2.24. The summed E-state index contributed by atoms with van der Waals surface area (Å²) in [7, 11) is 0. The van der Waals surface area contributed by atoms with Gasteiger partial charge in [-0.1, -0.05) is 12.1 Å². The number of halogens is 1. The molecule has 3 heteroatoms. The summed E-state index contributed by atoms with van der Waals surface area (Å²) < 4.78 is 17.7. The first-order valence-electron chi connectivity index (χ1n) is 4.77. The monoisotopic (exact) mass is 208 g/mol. The van der Waals surface area contributed by atoms with Crippen molar-refractivity contribution in [1.29, 1.82) is 0 Å². The molecule has 0 amide bonds. The lowest BCUT2D eigenvalue weighted by Gasteiger charge is -2.03. The van der Waals surface area contributed by atoms with Gasteiger partial charge in [0.15, 0.2) is 0 Å². The molecule has 0 saturated heterocycles. The van der Waals surface area contributed by atoms with E-state index in [4.69, 9.17) is 4.74 Å². The zero-order chi connectivity index (χ0) is 11.1. The van der Waals surface area contributed by atoms with Crippen LogP contribution in [0.1, 0.15) is 23.2 Å². The van der Waals surface area contributed by atoms with E-state index in [1.165, 1.54) is 18.2 Å². The summed E-state index contributed by atoms with van der Waals surface area (Å²) in [6.45, 7) is 3.89. The molecule has 0 spiro atoms. The average molecular weight is 208 g/mol. The minimum atomic E-state index is -0.487. The molecular weight excluding hydrogens is 195 g/mol. The van der Waals surface area contributed by atoms with E-state index in [0.717, 1.165) is 18.9 Å². The number of hydrogen-bond acceptors (Lipinski definition) is 2. The predicted octanol–water partition coefficient (Wildman–Crippen LogP) is 2.95. The Kier molecular flexibility index (Phi) is 4.54. The lowest BCUT2D eigenvalue weighted by Crippen LogP contribution is -2.06. The van der Waals surface area contributed by atoms with E-state index in [1.54, 1.807) is 6.08 Å². The van der Waals surface area contributed by atoms with Gasteiger partial charge in [-0.3, -0.25) is 0 Å². The third kappa shape index (κ3) is 3.94. The van der Waals surface area contributed by atoms with Gasteiger partial charge < -0.3 is 4.74 Å². The van der Waals surface area contributed by atoms with Crippen LogP contribution < -0.4 is 0 Å². The summed E-state index contributed by atoms with van der Waals surface area (Å²) >= 11 is 0. The van der Waals surface area contributed by atoms with Gasteiger partial charge in [0.05, 0.1) is 12.2 Å². The molecule has 0 N–H and O–H groups in total. The highest BCUT2D eigenvalue weighted by Gasteiger charge is 2.06. The number of rotatable bonds is 5. The lowest BCUT2D eigenvalue weighted by molar-refractivity contribution is 0.0501. The van der Waals surface area contributed by atoms with Crippen molar-refractivity contribution in [2.24, 2.45) is 0 Å². The van der Waals surface area contributed by atoms with Crippen LogP contribution >= 0.6 is 0 Å². The van der Waals surface area contributed by atoms with Gasteiger partial charge in [-0.2, -0.15) is 0 Å². The molecule has 1 rings (SSSR count). The minimum Gasteiger partial charge on any atom is -0.462 e. The molecular formula is C12H13FO2. The van der Waals surface area contributed by atoms with Crippen LogP contribution in [0.4, 0.5) is 4.39 Å². The van der Waals surface area contributed by atoms with Crippen molar-refractivity contribution < 1.29 is 13.9 Å². The zero-order valence-corrected chi connectivity index (χ0v) is 8.41. The van der Waals surface area contributed by atoms with Crippen molar-refractivity contribution in [3.05, 3.63) is 48.3 Å². The Morgan fingerprint density at radius 2 is 2.33 bits per heavy atom. The van der Waals surface area contributed by atoms with Crippen LogP contribution in [-0.2, 0) is 4.74 Å². The maximum Gasteiger partial charge on any atom is 0.338 e. The highest BCUT2D eigenvalue weighted by Crippen LogP contribution is 2.05. The van der Waals surface area contributed by atoms with E-state index >= 15 is 0 Å². The summed E-state index contributed by atoms with van der Waals surface area (Å²) in [5.41, 5.74) is 0.244. The topological polar surface area (TPSA) is 26.3 Å². The van der Waals surface area contributed by atoms with E-state index in [-0.39, 0.29) is 5.56 Å². The largest absolute Gasteiger partial charge is 0.462 e. The third-order valence-corrected chi connectivity index (χ3v) is 1.85. The van der Waals surface area contributed by atoms with Gasteiger partial charge in [0, 0.05) is 0 Å². The number of hydrogen-bond donors (Lipinski definition) is 0. The molecule has 0 unspecified atom stereocenters. The van der Waals surface area contributed by atoms with Crippen molar-refractivity contribution in [3.63, 3.8) is 0 Å². The number of ether oxygens (including phenoxy) is 1. The first-order chi connectivity index (χ1) is 7.24. The highest BCUT2D eigenvalue weighted by atomic mass is 19.1. The quantitative estimate of drug-likeness (QED) is 0.422. The van der Waals surface area contributed by atoms with Gasteiger partial charge in [0.1, 0.15) is 5.82 Å². The van der Waals surface area contributed by atoms with Crippen molar-refractivity contribution in [3.8, 4) is 0 Å². The molecule has 0 bridgehead atoms. The normalized spacial score (nSPS) is 9.67. The first kappa shape index (κ1) is 11.4. The van der Waals surface area contributed by atoms with Gasteiger partial charge in [0.25, 0.3) is 0 Å². The first-order valence-corrected chi connectivity index (χ1v) is 4.77. The third-order valence-electron chi connectivity index (χ3n) is 1.85. The van der Waals surface area contributed by atoms with Crippen LogP contribution in [0.5, 0.6) is 0 Å². The molecule has 0 aromatic heterocycles. The standard InChI is InChI=1S/C12H13FO2/c1-2-3-4-8-15-12(14)10-6-5-7-11(13)9-10/h2,5-7,9H,1,3-4,8H2. The fourth-order valence-electron chi connectivity index (χ4n) is 1.09. The van der Waals surface area contributed by atoms with E-state index in [2.05, 4.69) is 6.58 Å². The fourth-order valence-corrected chi connectivity index (χ4v) is 1.09.